The number of methoxy groups -OCH3 is 1. The topological polar surface area (TPSA) is 29.5 Å². The van der Waals surface area contributed by atoms with Crippen molar-refractivity contribution < 1.29 is 18.6 Å². The summed E-state index contributed by atoms with van der Waals surface area (Å²) in [6, 6.07) is 34.9. The van der Waals surface area contributed by atoms with Gasteiger partial charge in [0.05, 0.1) is 16.1 Å². The van der Waals surface area contributed by atoms with Gasteiger partial charge in [0.15, 0.2) is 0 Å². The third kappa shape index (κ3) is 5.32. The van der Waals surface area contributed by atoms with Crippen LogP contribution in [0.4, 0.5) is 8.78 Å². The van der Waals surface area contributed by atoms with E-state index in [9.17, 15) is 13.9 Å². The van der Waals surface area contributed by atoms with Gasteiger partial charge < -0.3 is 9.84 Å². The molecule has 2 aliphatic rings. The van der Waals surface area contributed by atoms with Gasteiger partial charge in [-0.2, -0.15) is 0 Å². The van der Waals surface area contributed by atoms with E-state index in [4.69, 9.17) is 4.74 Å². The maximum absolute atomic E-state index is 14.7. The fourth-order valence-corrected chi connectivity index (χ4v) is 8.22. The highest BCUT2D eigenvalue weighted by Crippen LogP contribution is 2.53. The van der Waals surface area contributed by atoms with E-state index in [1.165, 1.54) is 22.3 Å². The van der Waals surface area contributed by atoms with Crippen LogP contribution in [0, 0.1) is 11.6 Å². The lowest BCUT2D eigenvalue weighted by molar-refractivity contribution is 0.415. The van der Waals surface area contributed by atoms with Gasteiger partial charge in [-0.05, 0) is 113 Å². The highest BCUT2D eigenvalue weighted by atomic mass is 79.9. The highest BCUT2D eigenvalue weighted by molar-refractivity contribution is 9.10. The number of halogens is 4. The molecule has 0 unspecified atom stereocenters. The Kier molecular flexibility index (Phi) is 8.32. The molecule has 2 aliphatic carbocycles. The summed E-state index contributed by atoms with van der Waals surface area (Å²) in [5.74, 6) is 0.160. The lowest BCUT2D eigenvalue weighted by atomic mass is 9.82. The fourth-order valence-electron chi connectivity index (χ4n) is 7.48. The molecule has 0 heterocycles. The molecule has 6 heteroatoms. The fraction of sp³-hybridized carbons (Fsp3) is 0.163. The van der Waals surface area contributed by atoms with Gasteiger partial charge in [0.2, 0.25) is 0 Å². The minimum Gasteiger partial charge on any atom is -0.507 e. The van der Waals surface area contributed by atoms with Gasteiger partial charge in [0.1, 0.15) is 23.1 Å². The van der Waals surface area contributed by atoms with Gasteiger partial charge in [-0.3, -0.25) is 0 Å². The lowest BCUT2D eigenvalue weighted by Gasteiger charge is -2.22. The monoisotopic (exact) mass is 778 g/mol. The number of hydrogen-bond donors (Lipinski definition) is 1. The van der Waals surface area contributed by atoms with Crippen LogP contribution in [0.25, 0.3) is 44.5 Å². The van der Waals surface area contributed by atoms with Crippen molar-refractivity contribution >= 4 is 31.9 Å². The van der Waals surface area contributed by atoms with E-state index in [1.807, 2.05) is 30.3 Å². The van der Waals surface area contributed by atoms with E-state index in [1.54, 1.807) is 43.5 Å². The van der Waals surface area contributed by atoms with Crippen molar-refractivity contribution in [2.45, 2.75) is 38.5 Å². The summed E-state index contributed by atoms with van der Waals surface area (Å²) >= 11 is 6.50. The molecule has 6 aromatic rings. The average Bonchev–Trinajstić information content (AvgIpc) is 3.45. The molecule has 2 nitrogen and oxygen atoms in total. The molecule has 0 fully saturated rings. The Morgan fingerprint density at radius 1 is 0.490 bits per heavy atom. The molecule has 1 N–H and O–H groups in total. The van der Waals surface area contributed by atoms with Crippen molar-refractivity contribution in [1.82, 2.24) is 0 Å². The smallest absolute Gasteiger partial charge is 0.145 e. The van der Waals surface area contributed by atoms with Gasteiger partial charge in [0, 0.05) is 33.1 Å². The normalized spacial score (nSPS) is 14.2. The SMILES string of the molecule is CC1(C)c2ccccc2-c2cc(-c3cccc(Br)c3F)c(O)cc21.COc1cc2c(cc1-c1cccc(Br)c1F)-c1ccccc1C2(C)C. The quantitative estimate of drug-likeness (QED) is 0.194. The first kappa shape index (κ1) is 33.2. The number of aromatic hydroxyl groups is 1. The molecule has 0 saturated carbocycles. The molecule has 0 amide bonds. The zero-order chi connectivity index (χ0) is 34.8. The zero-order valence-corrected chi connectivity index (χ0v) is 30.9. The number of rotatable bonds is 3. The summed E-state index contributed by atoms with van der Waals surface area (Å²) in [5.41, 5.74) is 11.3. The maximum atomic E-state index is 14.7. The van der Waals surface area contributed by atoms with Crippen LogP contribution >= 0.6 is 31.9 Å². The molecule has 0 aromatic heterocycles. The van der Waals surface area contributed by atoms with Crippen molar-refractivity contribution in [2.24, 2.45) is 0 Å². The van der Waals surface area contributed by atoms with E-state index in [-0.39, 0.29) is 28.2 Å². The second-order valence-corrected chi connectivity index (χ2v) is 15.3. The van der Waals surface area contributed by atoms with E-state index in [2.05, 4.69) is 102 Å². The molecule has 49 heavy (non-hydrogen) atoms. The number of phenols is 1. The summed E-state index contributed by atoms with van der Waals surface area (Å²) in [7, 11) is 1.64. The standard InChI is InChI=1S/C22H18BrFO.C21H16BrFO/c1-22(2)17-9-5-4-7-13(17)15-11-16(20(25-3)12-18(15)22)14-8-6-10-19(23)21(14)24;1-21(2)16-8-4-3-6-12(16)14-10-15(19(24)11-17(14)21)13-7-5-9-18(22)20(13)23/h4-12H,1-3H3;3-11,24H,1-2H3. The second-order valence-electron chi connectivity index (χ2n) is 13.6. The Balaban J connectivity index is 0.000000154. The number of fused-ring (bicyclic) bond motifs is 6. The molecule has 0 bridgehead atoms. The predicted molar refractivity (Wildman–Crippen MR) is 202 cm³/mol. The number of ether oxygens (including phenoxy) is 1. The Hall–Kier alpha value is -4.26. The van der Waals surface area contributed by atoms with Crippen molar-refractivity contribution in [3.05, 3.63) is 152 Å². The predicted octanol–water partition coefficient (Wildman–Crippen LogP) is 12.8. The summed E-state index contributed by atoms with van der Waals surface area (Å²) in [6.07, 6.45) is 0. The highest BCUT2D eigenvalue weighted by Gasteiger charge is 2.37. The summed E-state index contributed by atoms with van der Waals surface area (Å²) in [4.78, 5) is 0. The van der Waals surface area contributed by atoms with Gasteiger partial charge in [-0.15, -0.1) is 0 Å². The number of hydrogen-bond acceptors (Lipinski definition) is 2. The molecule has 246 valence electrons. The molecule has 0 aliphatic heterocycles. The summed E-state index contributed by atoms with van der Waals surface area (Å²) in [6.45, 7) is 8.74. The molecule has 0 radical (unpaired) electrons. The van der Waals surface area contributed by atoms with Crippen molar-refractivity contribution in [1.29, 1.82) is 0 Å². The molecular formula is C43H34Br2F2O2. The number of phenolic OH excluding ortho intramolecular Hbond substituents is 1. The van der Waals surface area contributed by atoms with Crippen molar-refractivity contribution in [3.63, 3.8) is 0 Å². The maximum Gasteiger partial charge on any atom is 0.145 e. The first-order chi connectivity index (χ1) is 23.4. The largest absolute Gasteiger partial charge is 0.507 e. The summed E-state index contributed by atoms with van der Waals surface area (Å²) in [5, 5.41) is 10.6. The van der Waals surface area contributed by atoms with Crippen molar-refractivity contribution in [3.8, 4) is 56.0 Å². The van der Waals surface area contributed by atoms with Crippen LogP contribution in [0.1, 0.15) is 49.9 Å². The van der Waals surface area contributed by atoms with Crippen LogP contribution in [0.5, 0.6) is 11.5 Å². The molecule has 0 spiro atoms. The first-order valence-corrected chi connectivity index (χ1v) is 17.6. The Bertz CT molecular complexity index is 2290. The van der Waals surface area contributed by atoms with Crippen LogP contribution in [0.2, 0.25) is 0 Å². The van der Waals surface area contributed by atoms with Crippen LogP contribution in [0.15, 0.2) is 118 Å². The molecular weight excluding hydrogens is 746 g/mol. The van der Waals surface area contributed by atoms with Crippen molar-refractivity contribution in [2.75, 3.05) is 7.11 Å². The van der Waals surface area contributed by atoms with E-state index in [0.29, 0.717) is 31.4 Å². The first-order valence-electron chi connectivity index (χ1n) is 16.0. The lowest BCUT2D eigenvalue weighted by Crippen LogP contribution is -2.15. The van der Waals surface area contributed by atoms with Gasteiger partial charge >= 0.3 is 0 Å². The Morgan fingerprint density at radius 2 is 0.918 bits per heavy atom. The van der Waals surface area contributed by atoms with Gasteiger partial charge in [-0.1, -0.05) is 100 Å². The third-order valence-corrected chi connectivity index (χ3v) is 11.3. The van der Waals surface area contributed by atoms with Crippen LogP contribution in [-0.2, 0) is 10.8 Å². The molecule has 0 saturated heterocycles. The van der Waals surface area contributed by atoms with E-state index < -0.39 is 0 Å². The van der Waals surface area contributed by atoms with Crippen LogP contribution in [-0.4, -0.2) is 12.2 Å². The van der Waals surface area contributed by atoms with Crippen LogP contribution in [0.3, 0.4) is 0 Å². The third-order valence-electron chi connectivity index (χ3n) is 10.1. The summed E-state index contributed by atoms with van der Waals surface area (Å²) < 4.78 is 35.7. The zero-order valence-electron chi connectivity index (χ0n) is 27.8. The van der Waals surface area contributed by atoms with Gasteiger partial charge in [0.25, 0.3) is 0 Å². The minimum absolute atomic E-state index is 0.103. The van der Waals surface area contributed by atoms with Gasteiger partial charge in [-0.25, -0.2) is 8.78 Å². The van der Waals surface area contributed by atoms with E-state index >= 15 is 0 Å². The molecule has 8 rings (SSSR count). The second kappa shape index (κ2) is 12.3. The Morgan fingerprint density at radius 3 is 1.43 bits per heavy atom. The molecule has 0 atom stereocenters. The Labute approximate surface area is 302 Å². The number of benzene rings is 6. The van der Waals surface area contributed by atoms with E-state index in [0.717, 1.165) is 27.8 Å². The minimum atomic E-state index is -0.363. The average molecular weight is 781 g/mol. The molecule has 6 aromatic carbocycles. The van der Waals surface area contributed by atoms with Crippen LogP contribution < -0.4 is 4.74 Å².